The predicted octanol–water partition coefficient (Wildman–Crippen LogP) is 1.94. The number of nitrogens with one attached hydrogen (secondary N) is 1. The van der Waals surface area contributed by atoms with Crippen molar-refractivity contribution in [2.45, 2.75) is 31.6 Å². The number of aryl methyl sites for hydroxylation is 1. The lowest BCUT2D eigenvalue weighted by atomic mass is 9.83. The van der Waals surface area contributed by atoms with E-state index in [0.717, 1.165) is 19.3 Å². The molecule has 0 aliphatic heterocycles. The second kappa shape index (κ2) is 5.27. The zero-order valence-electron chi connectivity index (χ0n) is 11.3. The smallest absolute Gasteiger partial charge is 0.307 e. The van der Waals surface area contributed by atoms with E-state index in [1.165, 1.54) is 11.1 Å². The Bertz CT molecular complexity index is 540. The summed E-state index contributed by atoms with van der Waals surface area (Å²) in [6.07, 6.45) is 3.84. The Hall–Kier alpha value is -1.84. The molecule has 1 aromatic carbocycles. The minimum Gasteiger partial charge on any atom is -0.481 e. The molecule has 3 unspecified atom stereocenters. The Balaban J connectivity index is 1.57. The first-order chi connectivity index (χ1) is 9.66. The molecule has 20 heavy (non-hydrogen) atoms. The Morgan fingerprint density at radius 1 is 1.25 bits per heavy atom. The zero-order valence-corrected chi connectivity index (χ0v) is 11.3. The highest BCUT2D eigenvalue weighted by molar-refractivity contribution is 5.89. The van der Waals surface area contributed by atoms with Gasteiger partial charge in [0, 0.05) is 12.5 Å². The largest absolute Gasteiger partial charge is 0.481 e. The Kier molecular flexibility index (Phi) is 3.47. The maximum Gasteiger partial charge on any atom is 0.307 e. The molecule has 0 bridgehead atoms. The van der Waals surface area contributed by atoms with Crippen molar-refractivity contribution in [3.8, 4) is 0 Å². The zero-order chi connectivity index (χ0) is 14.1. The van der Waals surface area contributed by atoms with Crippen LogP contribution in [-0.4, -0.2) is 23.5 Å². The van der Waals surface area contributed by atoms with Gasteiger partial charge in [-0.2, -0.15) is 0 Å². The topological polar surface area (TPSA) is 66.4 Å². The second-order valence-electron chi connectivity index (χ2n) is 5.82. The third-order valence-corrected chi connectivity index (χ3v) is 4.46. The molecule has 1 fully saturated rings. The maximum atomic E-state index is 11.9. The van der Waals surface area contributed by atoms with E-state index in [2.05, 4.69) is 23.5 Å². The highest BCUT2D eigenvalue weighted by atomic mass is 16.4. The van der Waals surface area contributed by atoms with Gasteiger partial charge in [-0.25, -0.2) is 0 Å². The number of hydrogen-bond donors (Lipinski definition) is 2. The summed E-state index contributed by atoms with van der Waals surface area (Å²) in [5, 5.41) is 11.8. The van der Waals surface area contributed by atoms with Gasteiger partial charge in [0.15, 0.2) is 0 Å². The number of carboxylic acids is 1. The fraction of sp³-hybridized carbons (Fsp3) is 0.500. The molecule has 0 heterocycles. The average molecular weight is 273 g/mol. The van der Waals surface area contributed by atoms with Crippen molar-refractivity contribution in [2.75, 3.05) is 6.54 Å². The number of fused-ring (bicyclic) bond motifs is 1. The first-order valence-corrected chi connectivity index (χ1v) is 7.25. The van der Waals surface area contributed by atoms with Crippen LogP contribution in [0.2, 0.25) is 0 Å². The molecular formula is C16H19NO3. The van der Waals surface area contributed by atoms with Crippen molar-refractivity contribution in [3.05, 3.63) is 35.4 Å². The summed E-state index contributed by atoms with van der Waals surface area (Å²) >= 11 is 0. The van der Waals surface area contributed by atoms with E-state index in [0.29, 0.717) is 18.9 Å². The molecule has 106 valence electrons. The average Bonchev–Trinajstić information content (AvgIpc) is 3.25. The predicted molar refractivity (Wildman–Crippen MR) is 74.4 cm³/mol. The molecule has 0 saturated heterocycles. The molecule has 1 saturated carbocycles. The van der Waals surface area contributed by atoms with E-state index in [4.69, 9.17) is 5.11 Å². The molecule has 2 aliphatic carbocycles. The van der Waals surface area contributed by atoms with Gasteiger partial charge in [0.05, 0.1) is 11.8 Å². The van der Waals surface area contributed by atoms with Crippen LogP contribution in [0, 0.1) is 11.8 Å². The minimum absolute atomic E-state index is 0.0968. The molecule has 0 spiro atoms. The van der Waals surface area contributed by atoms with Crippen LogP contribution in [0.1, 0.15) is 36.3 Å². The van der Waals surface area contributed by atoms with Crippen molar-refractivity contribution in [3.63, 3.8) is 0 Å². The monoisotopic (exact) mass is 273 g/mol. The number of carboxylic acid groups (broad SMARTS) is 1. The fourth-order valence-corrected chi connectivity index (χ4v) is 3.18. The summed E-state index contributed by atoms with van der Waals surface area (Å²) in [5.41, 5.74) is 2.72. The first-order valence-electron chi connectivity index (χ1n) is 7.25. The molecule has 1 aromatic rings. The van der Waals surface area contributed by atoms with Crippen LogP contribution in [0.15, 0.2) is 24.3 Å². The summed E-state index contributed by atoms with van der Waals surface area (Å²) in [4.78, 5) is 22.7. The highest BCUT2D eigenvalue weighted by Gasteiger charge is 2.48. The highest BCUT2D eigenvalue weighted by Crippen LogP contribution is 2.39. The lowest BCUT2D eigenvalue weighted by Crippen LogP contribution is -2.31. The molecule has 0 aromatic heterocycles. The van der Waals surface area contributed by atoms with Gasteiger partial charge in [0.25, 0.3) is 0 Å². The normalized spacial score (nSPS) is 27.5. The van der Waals surface area contributed by atoms with Gasteiger partial charge in [-0.15, -0.1) is 0 Å². The molecule has 1 amide bonds. The molecule has 4 nitrogen and oxygen atoms in total. The van der Waals surface area contributed by atoms with Gasteiger partial charge in [-0.3, -0.25) is 9.59 Å². The fourth-order valence-electron chi connectivity index (χ4n) is 3.18. The summed E-state index contributed by atoms with van der Waals surface area (Å²) in [6.45, 7) is 0.624. The van der Waals surface area contributed by atoms with E-state index < -0.39 is 11.9 Å². The third-order valence-electron chi connectivity index (χ3n) is 4.46. The minimum atomic E-state index is -0.854. The number of aliphatic carboxylic acids is 1. The number of carbonyl (C=O) groups excluding carboxylic acids is 1. The molecule has 2 aliphatic rings. The van der Waals surface area contributed by atoms with E-state index in [1.807, 2.05) is 6.07 Å². The van der Waals surface area contributed by atoms with Crippen molar-refractivity contribution >= 4 is 11.9 Å². The van der Waals surface area contributed by atoms with Crippen LogP contribution in [-0.2, 0) is 16.0 Å². The van der Waals surface area contributed by atoms with Gasteiger partial charge < -0.3 is 10.4 Å². The number of amides is 1. The molecular weight excluding hydrogens is 254 g/mol. The van der Waals surface area contributed by atoms with Crippen LogP contribution in [0.4, 0.5) is 0 Å². The summed E-state index contributed by atoms with van der Waals surface area (Å²) in [7, 11) is 0. The number of hydrogen-bond acceptors (Lipinski definition) is 2. The van der Waals surface area contributed by atoms with Crippen LogP contribution in [0.3, 0.4) is 0 Å². The standard InChI is InChI=1S/C16H19NO3/c18-15(13-8-14(13)16(19)20)17-9-11-6-3-5-10-4-1-2-7-12(10)11/h1-2,4,7,11,13-14H,3,5-6,8-9H2,(H,17,18)(H,19,20). The molecule has 3 atom stereocenters. The molecule has 3 rings (SSSR count). The summed E-state index contributed by atoms with van der Waals surface area (Å²) < 4.78 is 0. The Morgan fingerprint density at radius 2 is 2.05 bits per heavy atom. The maximum absolute atomic E-state index is 11.9. The van der Waals surface area contributed by atoms with Gasteiger partial charge >= 0.3 is 5.97 Å². The number of carbonyl (C=O) groups is 2. The third kappa shape index (κ3) is 2.55. The van der Waals surface area contributed by atoms with Gasteiger partial charge in [0.1, 0.15) is 0 Å². The SMILES string of the molecule is O=C(O)C1CC1C(=O)NCC1CCCc2ccccc21. The lowest BCUT2D eigenvalue weighted by Gasteiger charge is -2.25. The van der Waals surface area contributed by atoms with Crippen molar-refractivity contribution in [1.29, 1.82) is 0 Å². The van der Waals surface area contributed by atoms with Crippen LogP contribution in [0.25, 0.3) is 0 Å². The van der Waals surface area contributed by atoms with E-state index >= 15 is 0 Å². The molecule has 0 radical (unpaired) electrons. The Labute approximate surface area is 118 Å². The van der Waals surface area contributed by atoms with Crippen LogP contribution < -0.4 is 5.32 Å². The molecule has 2 N–H and O–H groups in total. The lowest BCUT2D eigenvalue weighted by molar-refractivity contribution is -0.140. The van der Waals surface area contributed by atoms with Crippen LogP contribution in [0.5, 0.6) is 0 Å². The van der Waals surface area contributed by atoms with E-state index in [-0.39, 0.29) is 11.8 Å². The van der Waals surface area contributed by atoms with Crippen LogP contribution >= 0.6 is 0 Å². The summed E-state index contributed by atoms with van der Waals surface area (Å²) in [6, 6.07) is 8.40. The van der Waals surface area contributed by atoms with Gasteiger partial charge in [-0.05, 0) is 36.8 Å². The van der Waals surface area contributed by atoms with E-state index in [9.17, 15) is 9.59 Å². The summed E-state index contributed by atoms with van der Waals surface area (Å²) in [5.74, 6) is -1.36. The second-order valence-corrected chi connectivity index (χ2v) is 5.82. The first kappa shape index (κ1) is 13.2. The van der Waals surface area contributed by atoms with Gasteiger partial charge in [0.2, 0.25) is 5.91 Å². The quantitative estimate of drug-likeness (QED) is 0.881. The van der Waals surface area contributed by atoms with Gasteiger partial charge in [-0.1, -0.05) is 24.3 Å². The van der Waals surface area contributed by atoms with Crippen molar-refractivity contribution in [1.82, 2.24) is 5.32 Å². The number of rotatable bonds is 4. The van der Waals surface area contributed by atoms with Crippen molar-refractivity contribution in [2.24, 2.45) is 11.8 Å². The van der Waals surface area contributed by atoms with E-state index in [1.54, 1.807) is 0 Å². The number of benzene rings is 1. The van der Waals surface area contributed by atoms with Crippen molar-refractivity contribution < 1.29 is 14.7 Å². The molecule has 4 heteroatoms. The Morgan fingerprint density at radius 3 is 2.80 bits per heavy atom.